The minimum absolute atomic E-state index is 0.228. The van der Waals surface area contributed by atoms with E-state index in [9.17, 15) is 14.4 Å². The van der Waals surface area contributed by atoms with E-state index in [1.165, 1.54) is 0 Å². The zero-order chi connectivity index (χ0) is 15.3. The number of urea groups is 1. The number of amides is 3. The molecule has 20 heavy (non-hydrogen) atoms. The van der Waals surface area contributed by atoms with Gasteiger partial charge in [0.1, 0.15) is 0 Å². The van der Waals surface area contributed by atoms with E-state index in [1.807, 2.05) is 13.8 Å². The highest BCUT2D eigenvalue weighted by atomic mass is 16.4. The Hall–Kier alpha value is -2.38. The minimum Gasteiger partial charge on any atom is -0.481 e. The number of carboxylic acids is 1. The lowest BCUT2D eigenvalue weighted by Crippen LogP contribution is -2.39. The molecule has 0 aliphatic carbocycles. The van der Waals surface area contributed by atoms with E-state index in [2.05, 4.69) is 15.7 Å². The fourth-order valence-electron chi connectivity index (χ4n) is 1.70. The van der Waals surface area contributed by atoms with Crippen molar-refractivity contribution in [2.24, 2.45) is 7.05 Å². The molecule has 0 aliphatic rings. The summed E-state index contributed by atoms with van der Waals surface area (Å²) in [6, 6.07) is -0.650. The van der Waals surface area contributed by atoms with E-state index in [0.717, 1.165) is 17.0 Å². The number of aromatic nitrogens is 2. The van der Waals surface area contributed by atoms with Crippen molar-refractivity contribution < 1.29 is 19.5 Å². The van der Waals surface area contributed by atoms with Crippen molar-refractivity contribution in [1.29, 1.82) is 0 Å². The molecular weight excluding hydrogens is 264 g/mol. The Morgan fingerprint density at radius 1 is 1.25 bits per heavy atom. The Labute approximate surface area is 116 Å². The highest BCUT2D eigenvalue weighted by molar-refractivity contribution is 5.95. The monoisotopic (exact) mass is 282 g/mol. The molecule has 0 saturated carbocycles. The molecule has 8 heteroatoms. The second-order valence-electron chi connectivity index (χ2n) is 4.40. The van der Waals surface area contributed by atoms with Gasteiger partial charge in [0.15, 0.2) is 0 Å². The van der Waals surface area contributed by atoms with Crippen molar-refractivity contribution in [2.45, 2.75) is 33.2 Å². The van der Waals surface area contributed by atoms with Crippen molar-refractivity contribution in [3.8, 4) is 0 Å². The highest BCUT2D eigenvalue weighted by Crippen LogP contribution is 2.10. The topological polar surface area (TPSA) is 113 Å². The third kappa shape index (κ3) is 4.38. The summed E-state index contributed by atoms with van der Waals surface area (Å²) in [6.07, 6.45) is -0.534. The fraction of sp³-hybridized carbons (Fsp3) is 0.500. The van der Waals surface area contributed by atoms with Gasteiger partial charge in [0, 0.05) is 31.3 Å². The summed E-state index contributed by atoms with van der Waals surface area (Å²) in [7, 11) is 1.81. The van der Waals surface area contributed by atoms with Crippen LogP contribution in [0.3, 0.4) is 0 Å². The van der Waals surface area contributed by atoms with Crippen LogP contribution in [0.4, 0.5) is 4.79 Å². The van der Waals surface area contributed by atoms with E-state index in [0.29, 0.717) is 0 Å². The molecule has 0 radical (unpaired) electrons. The van der Waals surface area contributed by atoms with Crippen molar-refractivity contribution in [3.05, 3.63) is 17.0 Å². The summed E-state index contributed by atoms with van der Waals surface area (Å²) in [5.74, 6) is -1.70. The molecule has 1 aromatic rings. The molecule has 0 aromatic carbocycles. The molecular formula is C12H18N4O4. The Balaban J connectivity index is 2.43. The number of imide groups is 1. The van der Waals surface area contributed by atoms with Gasteiger partial charge >= 0.3 is 12.0 Å². The zero-order valence-corrected chi connectivity index (χ0v) is 11.7. The first-order valence-electron chi connectivity index (χ1n) is 6.09. The number of hydrogen-bond acceptors (Lipinski definition) is 4. The van der Waals surface area contributed by atoms with Crippen LogP contribution >= 0.6 is 0 Å². The normalized spacial score (nSPS) is 10.2. The number of aryl methyl sites for hydroxylation is 2. The summed E-state index contributed by atoms with van der Waals surface area (Å²) in [5, 5.41) is 17.2. The number of carbonyl (C=O) groups is 3. The molecule has 0 saturated heterocycles. The summed E-state index contributed by atoms with van der Waals surface area (Å²) in [4.78, 5) is 33.0. The molecule has 0 spiro atoms. The standard InChI is InChI=1S/C12H18N4O4/c1-7-9(8(2)16(3)15-7)6-13-12(20)14-10(17)4-5-11(18)19/h4-6H2,1-3H3,(H,18,19)(H2,13,14,17,20). The Morgan fingerprint density at radius 2 is 1.90 bits per heavy atom. The zero-order valence-electron chi connectivity index (χ0n) is 11.7. The lowest BCUT2D eigenvalue weighted by molar-refractivity contribution is -0.138. The van der Waals surface area contributed by atoms with Crippen LogP contribution in [0.1, 0.15) is 29.8 Å². The van der Waals surface area contributed by atoms with Crippen LogP contribution in [0, 0.1) is 13.8 Å². The van der Waals surface area contributed by atoms with Gasteiger partial charge in [0.2, 0.25) is 5.91 Å². The first kappa shape index (κ1) is 15.7. The lowest BCUT2D eigenvalue weighted by Gasteiger charge is -2.06. The molecule has 1 aromatic heterocycles. The smallest absolute Gasteiger partial charge is 0.321 e. The molecule has 3 N–H and O–H groups in total. The van der Waals surface area contributed by atoms with Gasteiger partial charge in [-0.1, -0.05) is 0 Å². The Morgan fingerprint density at radius 3 is 2.40 bits per heavy atom. The van der Waals surface area contributed by atoms with Crippen molar-refractivity contribution in [1.82, 2.24) is 20.4 Å². The predicted octanol–water partition coefficient (Wildman–Crippen LogP) is 0.228. The van der Waals surface area contributed by atoms with Crippen LogP contribution in [0.5, 0.6) is 0 Å². The molecule has 0 aliphatic heterocycles. The van der Waals surface area contributed by atoms with Gasteiger partial charge in [-0.3, -0.25) is 19.6 Å². The second-order valence-corrected chi connectivity index (χ2v) is 4.40. The molecule has 1 rings (SSSR count). The summed E-state index contributed by atoms with van der Waals surface area (Å²) < 4.78 is 1.71. The second kappa shape index (κ2) is 6.69. The molecule has 0 atom stereocenters. The van der Waals surface area contributed by atoms with E-state index in [-0.39, 0.29) is 19.4 Å². The quantitative estimate of drug-likeness (QED) is 0.715. The Bertz CT molecular complexity index is 536. The number of nitrogens with zero attached hydrogens (tertiary/aromatic N) is 2. The van der Waals surface area contributed by atoms with Crippen molar-refractivity contribution >= 4 is 17.9 Å². The molecule has 110 valence electrons. The van der Waals surface area contributed by atoms with Gasteiger partial charge in [-0.25, -0.2) is 4.79 Å². The number of carboxylic acid groups (broad SMARTS) is 1. The van der Waals surface area contributed by atoms with Crippen molar-refractivity contribution in [3.63, 3.8) is 0 Å². The molecule has 0 fully saturated rings. The lowest BCUT2D eigenvalue weighted by atomic mass is 10.2. The van der Waals surface area contributed by atoms with Gasteiger partial charge in [-0.2, -0.15) is 5.10 Å². The molecule has 8 nitrogen and oxygen atoms in total. The van der Waals surface area contributed by atoms with Gasteiger partial charge in [-0.05, 0) is 13.8 Å². The number of nitrogens with one attached hydrogen (secondary N) is 2. The maximum Gasteiger partial charge on any atom is 0.321 e. The highest BCUT2D eigenvalue weighted by Gasteiger charge is 2.12. The number of carbonyl (C=O) groups excluding carboxylic acids is 2. The minimum atomic E-state index is -1.08. The number of hydrogen-bond donors (Lipinski definition) is 3. The van der Waals surface area contributed by atoms with Crippen LogP contribution in [-0.4, -0.2) is 32.8 Å². The maximum absolute atomic E-state index is 11.5. The average molecular weight is 282 g/mol. The molecule has 0 bridgehead atoms. The van der Waals surface area contributed by atoms with Crippen LogP contribution in [0.15, 0.2) is 0 Å². The van der Waals surface area contributed by atoms with Crippen molar-refractivity contribution in [2.75, 3.05) is 0 Å². The van der Waals surface area contributed by atoms with Crippen LogP contribution in [0.2, 0.25) is 0 Å². The molecule has 1 heterocycles. The van der Waals surface area contributed by atoms with Crippen LogP contribution in [-0.2, 0) is 23.2 Å². The fourth-order valence-corrected chi connectivity index (χ4v) is 1.70. The van der Waals surface area contributed by atoms with E-state index < -0.39 is 17.9 Å². The summed E-state index contributed by atoms with van der Waals surface area (Å²) >= 11 is 0. The van der Waals surface area contributed by atoms with E-state index in [1.54, 1.807) is 11.7 Å². The van der Waals surface area contributed by atoms with E-state index in [4.69, 9.17) is 5.11 Å². The first-order chi connectivity index (χ1) is 9.31. The maximum atomic E-state index is 11.5. The summed E-state index contributed by atoms with van der Waals surface area (Å²) in [6.45, 7) is 3.97. The third-order valence-electron chi connectivity index (χ3n) is 2.90. The predicted molar refractivity (Wildman–Crippen MR) is 69.9 cm³/mol. The summed E-state index contributed by atoms with van der Waals surface area (Å²) in [5.41, 5.74) is 2.63. The van der Waals surface area contributed by atoms with Gasteiger partial charge in [-0.15, -0.1) is 0 Å². The molecule has 3 amide bonds. The van der Waals surface area contributed by atoms with Gasteiger partial charge in [0.05, 0.1) is 12.1 Å². The Kier molecular flexibility index (Phi) is 5.24. The largest absolute Gasteiger partial charge is 0.481 e. The van der Waals surface area contributed by atoms with Gasteiger partial charge in [0.25, 0.3) is 0 Å². The van der Waals surface area contributed by atoms with Gasteiger partial charge < -0.3 is 10.4 Å². The SMILES string of the molecule is Cc1nn(C)c(C)c1CNC(=O)NC(=O)CCC(=O)O. The average Bonchev–Trinajstić information content (AvgIpc) is 2.59. The van der Waals surface area contributed by atoms with Crippen LogP contribution < -0.4 is 10.6 Å². The molecule has 0 unspecified atom stereocenters. The number of aliphatic carboxylic acids is 1. The van der Waals surface area contributed by atoms with E-state index >= 15 is 0 Å². The first-order valence-corrected chi connectivity index (χ1v) is 6.09. The number of rotatable bonds is 5. The third-order valence-corrected chi connectivity index (χ3v) is 2.90. The van der Waals surface area contributed by atoms with Crippen LogP contribution in [0.25, 0.3) is 0 Å².